The zero-order valence-corrected chi connectivity index (χ0v) is 11.1. The molecule has 0 amide bonds. The van der Waals surface area contributed by atoms with E-state index in [2.05, 4.69) is 32.7 Å². The van der Waals surface area contributed by atoms with Gasteiger partial charge < -0.3 is 0 Å². The van der Waals surface area contributed by atoms with Gasteiger partial charge in [0.15, 0.2) is 5.78 Å². The molecule has 1 heteroatoms. The van der Waals surface area contributed by atoms with Gasteiger partial charge in [-0.25, -0.2) is 0 Å². The van der Waals surface area contributed by atoms with Gasteiger partial charge in [0.05, 0.1) is 0 Å². The Bertz CT molecular complexity index is 352. The molecule has 0 fully saturated rings. The lowest BCUT2D eigenvalue weighted by Gasteiger charge is -1.88. The largest absolute Gasteiger partial charge is 0.295 e. The van der Waals surface area contributed by atoms with E-state index >= 15 is 0 Å². The Kier molecular flexibility index (Phi) is 12.5. The minimum atomic E-state index is 0.0184. The molecule has 0 bridgehead atoms. The molecule has 92 valence electrons. The van der Waals surface area contributed by atoms with Crippen molar-refractivity contribution in [2.24, 2.45) is 0 Å². The van der Waals surface area contributed by atoms with Crippen LogP contribution >= 0.6 is 0 Å². The van der Waals surface area contributed by atoms with E-state index in [1.807, 2.05) is 19.1 Å². The van der Waals surface area contributed by atoms with Crippen LogP contribution in [0.5, 0.6) is 0 Å². The Morgan fingerprint density at radius 3 is 1.88 bits per heavy atom. The molecule has 0 radical (unpaired) electrons. The molecule has 17 heavy (non-hydrogen) atoms. The summed E-state index contributed by atoms with van der Waals surface area (Å²) < 4.78 is 0. The lowest BCUT2D eigenvalue weighted by atomic mass is 10.2. The fraction of sp³-hybridized carbons (Fsp3) is 0.188. The first-order chi connectivity index (χ1) is 8.03. The topological polar surface area (TPSA) is 17.1 Å². The highest BCUT2D eigenvalue weighted by molar-refractivity contribution is 5.96. The Labute approximate surface area is 105 Å². The fourth-order valence-corrected chi connectivity index (χ4v) is 0.772. The first-order valence-electron chi connectivity index (χ1n) is 5.41. The summed E-state index contributed by atoms with van der Waals surface area (Å²) in [6.45, 7) is 16.0. The van der Waals surface area contributed by atoms with Crippen molar-refractivity contribution in [2.45, 2.75) is 20.8 Å². The second-order valence-corrected chi connectivity index (χ2v) is 3.25. The summed E-state index contributed by atoms with van der Waals surface area (Å²) in [6.07, 6.45) is 12.5. The van der Waals surface area contributed by atoms with Crippen molar-refractivity contribution in [1.29, 1.82) is 0 Å². The Balaban J connectivity index is 0. The van der Waals surface area contributed by atoms with Crippen LogP contribution in [0.4, 0.5) is 0 Å². The first kappa shape index (κ1) is 17.5. The summed E-state index contributed by atoms with van der Waals surface area (Å²) in [6, 6.07) is 0. The van der Waals surface area contributed by atoms with Crippen LogP contribution in [0.3, 0.4) is 0 Å². The van der Waals surface area contributed by atoms with Crippen LogP contribution in [0, 0.1) is 0 Å². The normalized spacial score (nSPS) is 11.5. The van der Waals surface area contributed by atoms with Gasteiger partial charge in [-0.15, -0.1) is 0 Å². The van der Waals surface area contributed by atoms with Crippen LogP contribution in [-0.2, 0) is 4.79 Å². The number of rotatable bonds is 5. The second kappa shape index (κ2) is 12.2. The third-order valence-electron chi connectivity index (χ3n) is 1.87. The highest BCUT2D eigenvalue weighted by Gasteiger charge is 1.93. The van der Waals surface area contributed by atoms with Gasteiger partial charge in [0, 0.05) is 5.57 Å². The molecular weight excluding hydrogens is 208 g/mol. The average Bonchev–Trinajstić information content (AvgIpc) is 2.33. The average molecular weight is 230 g/mol. The van der Waals surface area contributed by atoms with Gasteiger partial charge in [0.1, 0.15) is 0 Å². The molecule has 0 rings (SSSR count). The van der Waals surface area contributed by atoms with Crippen LogP contribution in [-0.4, -0.2) is 5.78 Å². The minimum absolute atomic E-state index is 0.0184. The maximum Gasteiger partial charge on any atom is 0.159 e. The lowest BCUT2D eigenvalue weighted by Crippen LogP contribution is -1.90. The Morgan fingerprint density at radius 1 is 1.06 bits per heavy atom. The van der Waals surface area contributed by atoms with Crippen molar-refractivity contribution in [3.05, 3.63) is 73.4 Å². The van der Waals surface area contributed by atoms with Gasteiger partial charge in [0.2, 0.25) is 0 Å². The Morgan fingerprint density at radius 2 is 1.65 bits per heavy atom. The number of carbonyl (C=O) groups is 1. The quantitative estimate of drug-likeness (QED) is 0.499. The standard InChI is InChI=1S/C8H10O.C8H12/c1-4-6-8(5-2)7(3)9;1-4-6-7-8(3)5-2/h4-6H,1-2H2,3H3;4-7H,1H2,2-3H3/b8-6+;7-6-,8-5-. The first-order valence-corrected chi connectivity index (χ1v) is 5.41. The smallest absolute Gasteiger partial charge is 0.159 e. The van der Waals surface area contributed by atoms with E-state index in [9.17, 15) is 4.79 Å². The fourth-order valence-electron chi connectivity index (χ4n) is 0.772. The minimum Gasteiger partial charge on any atom is -0.295 e. The molecule has 0 aliphatic rings. The summed E-state index contributed by atoms with van der Waals surface area (Å²) in [4.78, 5) is 10.6. The zero-order valence-electron chi connectivity index (χ0n) is 11.1. The molecule has 1 nitrogen and oxygen atoms in total. The van der Waals surface area contributed by atoms with Crippen LogP contribution in [0.15, 0.2) is 73.4 Å². The number of Topliss-reactive ketones (excluding diaryl/α,β-unsaturated/α-hetero) is 1. The van der Waals surface area contributed by atoms with Crippen LogP contribution in [0.2, 0.25) is 0 Å². The summed E-state index contributed by atoms with van der Waals surface area (Å²) >= 11 is 0. The molecule has 0 saturated carbocycles. The highest BCUT2D eigenvalue weighted by Crippen LogP contribution is 1.96. The molecule has 0 saturated heterocycles. The van der Waals surface area contributed by atoms with E-state index in [1.54, 1.807) is 18.2 Å². The molecule has 0 N–H and O–H groups in total. The second-order valence-electron chi connectivity index (χ2n) is 3.25. The van der Waals surface area contributed by atoms with E-state index < -0.39 is 0 Å². The molecule has 0 aromatic heterocycles. The van der Waals surface area contributed by atoms with Gasteiger partial charge in [-0.3, -0.25) is 4.79 Å². The van der Waals surface area contributed by atoms with Crippen LogP contribution < -0.4 is 0 Å². The SMILES string of the molecule is C=C/C=C(\C=C)C(C)=O.C=C/C=C\C(C)=C/C. The molecule has 0 aliphatic heterocycles. The van der Waals surface area contributed by atoms with Gasteiger partial charge in [-0.05, 0) is 20.8 Å². The molecule has 0 aromatic carbocycles. The summed E-state index contributed by atoms with van der Waals surface area (Å²) in [5.74, 6) is 0.0184. The molecule has 0 unspecified atom stereocenters. The van der Waals surface area contributed by atoms with Crippen molar-refractivity contribution in [2.75, 3.05) is 0 Å². The van der Waals surface area contributed by atoms with Crippen molar-refractivity contribution in [1.82, 2.24) is 0 Å². The number of ketones is 1. The third-order valence-corrected chi connectivity index (χ3v) is 1.87. The van der Waals surface area contributed by atoms with Crippen LogP contribution in [0.25, 0.3) is 0 Å². The van der Waals surface area contributed by atoms with Crippen molar-refractivity contribution < 1.29 is 4.79 Å². The lowest BCUT2D eigenvalue weighted by molar-refractivity contribution is -0.113. The summed E-state index contributed by atoms with van der Waals surface area (Å²) in [5, 5.41) is 0. The maximum absolute atomic E-state index is 10.6. The predicted molar refractivity (Wildman–Crippen MR) is 77.9 cm³/mol. The Hall–Kier alpha value is -1.89. The molecule has 0 spiro atoms. The van der Waals surface area contributed by atoms with Gasteiger partial charge >= 0.3 is 0 Å². The van der Waals surface area contributed by atoms with Crippen LogP contribution in [0.1, 0.15) is 20.8 Å². The van der Waals surface area contributed by atoms with Crippen molar-refractivity contribution in [3.63, 3.8) is 0 Å². The maximum atomic E-state index is 10.6. The molecular formula is C16H22O. The van der Waals surface area contributed by atoms with E-state index in [0.717, 1.165) is 0 Å². The summed E-state index contributed by atoms with van der Waals surface area (Å²) in [5.41, 5.74) is 1.87. The number of hydrogen-bond acceptors (Lipinski definition) is 1. The number of allylic oxidation sites excluding steroid dienone is 9. The summed E-state index contributed by atoms with van der Waals surface area (Å²) in [7, 11) is 0. The van der Waals surface area contributed by atoms with E-state index in [1.165, 1.54) is 18.6 Å². The molecule has 0 atom stereocenters. The van der Waals surface area contributed by atoms with Gasteiger partial charge in [-0.1, -0.05) is 67.8 Å². The van der Waals surface area contributed by atoms with Gasteiger partial charge in [-0.2, -0.15) is 0 Å². The van der Waals surface area contributed by atoms with Crippen molar-refractivity contribution >= 4 is 5.78 Å². The zero-order chi connectivity index (χ0) is 13.7. The molecule has 0 aromatic rings. The number of carbonyl (C=O) groups excluding carboxylic acids is 1. The van der Waals surface area contributed by atoms with E-state index in [0.29, 0.717) is 5.57 Å². The van der Waals surface area contributed by atoms with Gasteiger partial charge in [0.25, 0.3) is 0 Å². The molecule has 0 heterocycles. The van der Waals surface area contributed by atoms with E-state index in [-0.39, 0.29) is 5.78 Å². The third kappa shape index (κ3) is 12.0. The predicted octanol–water partition coefficient (Wildman–Crippen LogP) is 4.57. The highest BCUT2D eigenvalue weighted by atomic mass is 16.1. The monoisotopic (exact) mass is 230 g/mol. The van der Waals surface area contributed by atoms with Crippen molar-refractivity contribution in [3.8, 4) is 0 Å². The number of hydrogen-bond donors (Lipinski definition) is 0. The van der Waals surface area contributed by atoms with E-state index in [4.69, 9.17) is 0 Å². The molecule has 0 aliphatic carbocycles.